The fraction of sp³-hybridized carbons (Fsp3) is 0.900. The third-order valence-electron chi connectivity index (χ3n) is 2.79. The van der Waals surface area contributed by atoms with Gasteiger partial charge >= 0.3 is 0 Å². The molecular weight excluding hydrogens is 196 g/mol. The monoisotopic (exact) mass is 216 g/mol. The molecule has 3 nitrogen and oxygen atoms in total. The van der Waals surface area contributed by atoms with Gasteiger partial charge in [0.1, 0.15) is 0 Å². The van der Waals surface area contributed by atoms with Crippen molar-refractivity contribution in [2.24, 2.45) is 17.1 Å². The molecule has 0 aliphatic heterocycles. The molecule has 0 spiro atoms. The molecule has 82 valence electrons. The van der Waals surface area contributed by atoms with Crippen molar-refractivity contribution in [3.63, 3.8) is 0 Å². The van der Waals surface area contributed by atoms with Gasteiger partial charge in [-0.05, 0) is 30.8 Å². The lowest BCUT2D eigenvalue weighted by Gasteiger charge is -2.15. The molecule has 0 aromatic rings. The zero-order valence-electron chi connectivity index (χ0n) is 9.01. The van der Waals surface area contributed by atoms with Crippen LogP contribution in [0.4, 0.5) is 0 Å². The molecule has 0 heterocycles. The predicted octanol–water partition coefficient (Wildman–Crippen LogP) is 0.841. The second-order valence-electron chi connectivity index (χ2n) is 4.25. The minimum absolute atomic E-state index is 0.160. The van der Waals surface area contributed by atoms with Gasteiger partial charge < -0.3 is 11.1 Å². The van der Waals surface area contributed by atoms with E-state index in [1.165, 1.54) is 0 Å². The Kier molecular flexibility index (Phi) is 4.26. The smallest absolute Gasteiger partial charge is 0.227 e. The average molecular weight is 216 g/mol. The second kappa shape index (κ2) is 5.03. The zero-order chi connectivity index (χ0) is 10.6. The first-order chi connectivity index (χ1) is 6.64. The highest BCUT2D eigenvalue weighted by Gasteiger charge is 2.48. The van der Waals surface area contributed by atoms with Crippen LogP contribution in [0.3, 0.4) is 0 Å². The Morgan fingerprint density at radius 2 is 2.29 bits per heavy atom. The van der Waals surface area contributed by atoms with E-state index >= 15 is 0 Å². The maximum Gasteiger partial charge on any atom is 0.227 e. The molecule has 1 amide bonds. The molecule has 4 heteroatoms. The third-order valence-corrected chi connectivity index (χ3v) is 3.69. The number of hydrogen-bond donors (Lipinski definition) is 2. The number of carbonyl (C=O) groups excluding carboxylic acids is 1. The van der Waals surface area contributed by atoms with E-state index in [1.807, 2.05) is 11.8 Å². The molecule has 14 heavy (non-hydrogen) atoms. The summed E-state index contributed by atoms with van der Waals surface area (Å²) >= 11 is 1.81. The third kappa shape index (κ3) is 2.89. The van der Waals surface area contributed by atoms with Gasteiger partial charge in [0.05, 0.1) is 5.41 Å². The molecule has 0 radical (unpaired) electrons. The van der Waals surface area contributed by atoms with E-state index in [2.05, 4.69) is 18.5 Å². The van der Waals surface area contributed by atoms with Crippen molar-refractivity contribution in [1.29, 1.82) is 0 Å². The molecular formula is C10H20N2OS. The average Bonchev–Trinajstić information content (AvgIpc) is 2.95. The number of rotatable bonds is 6. The highest BCUT2D eigenvalue weighted by Crippen LogP contribution is 2.44. The molecule has 1 saturated carbocycles. The maximum absolute atomic E-state index is 11.7. The van der Waals surface area contributed by atoms with Crippen LogP contribution in [-0.2, 0) is 4.79 Å². The predicted molar refractivity (Wildman–Crippen MR) is 61.3 cm³/mol. The van der Waals surface area contributed by atoms with Gasteiger partial charge in [-0.3, -0.25) is 4.79 Å². The highest BCUT2D eigenvalue weighted by atomic mass is 32.2. The van der Waals surface area contributed by atoms with Crippen molar-refractivity contribution in [1.82, 2.24) is 5.32 Å². The molecule has 0 aromatic heterocycles. The van der Waals surface area contributed by atoms with Crippen LogP contribution in [0.5, 0.6) is 0 Å². The Hall–Kier alpha value is -0.220. The van der Waals surface area contributed by atoms with Crippen LogP contribution in [0.1, 0.15) is 19.8 Å². The van der Waals surface area contributed by atoms with Crippen molar-refractivity contribution >= 4 is 17.7 Å². The molecule has 1 atom stereocenters. The van der Waals surface area contributed by atoms with Crippen molar-refractivity contribution in [3.8, 4) is 0 Å². The number of hydrogen-bond acceptors (Lipinski definition) is 3. The van der Waals surface area contributed by atoms with Crippen LogP contribution in [0.2, 0.25) is 0 Å². The lowest BCUT2D eigenvalue weighted by atomic mass is 10.1. The van der Waals surface area contributed by atoms with E-state index in [0.717, 1.165) is 25.1 Å². The standard InChI is InChI=1S/C10H20N2OS/c1-8(6-14-2)5-12-9(13)10(7-11)3-4-10/h8H,3-7,11H2,1-2H3,(H,12,13). The minimum Gasteiger partial charge on any atom is -0.355 e. The van der Waals surface area contributed by atoms with E-state index in [-0.39, 0.29) is 11.3 Å². The normalized spacial score (nSPS) is 20.2. The summed E-state index contributed by atoms with van der Waals surface area (Å²) in [5.74, 6) is 1.80. The van der Waals surface area contributed by atoms with Gasteiger partial charge in [0.25, 0.3) is 0 Å². The van der Waals surface area contributed by atoms with Crippen molar-refractivity contribution in [2.45, 2.75) is 19.8 Å². The molecule has 1 fully saturated rings. The lowest BCUT2D eigenvalue weighted by molar-refractivity contribution is -0.126. The summed E-state index contributed by atoms with van der Waals surface area (Å²) in [5, 5.41) is 2.99. The van der Waals surface area contributed by atoms with Crippen LogP contribution in [0, 0.1) is 11.3 Å². The van der Waals surface area contributed by atoms with Crippen LogP contribution < -0.4 is 11.1 Å². The van der Waals surface area contributed by atoms with E-state index < -0.39 is 0 Å². The quantitative estimate of drug-likeness (QED) is 0.692. The Balaban J connectivity index is 2.21. The van der Waals surface area contributed by atoms with Gasteiger partial charge in [-0.15, -0.1) is 0 Å². The van der Waals surface area contributed by atoms with Gasteiger partial charge in [-0.2, -0.15) is 11.8 Å². The maximum atomic E-state index is 11.7. The largest absolute Gasteiger partial charge is 0.355 e. The Bertz CT molecular complexity index is 204. The number of nitrogens with one attached hydrogen (secondary N) is 1. The Morgan fingerprint density at radius 3 is 2.71 bits per heavy atom. The Labute approximate surface area is 90.2 Å². The summed E-state index contributed by atoms with van der Waals surface area (Å²) in [6.45, 7) is 3.43. The fourth-order valence-electron chi connectivity index (χ4n) is 1.47. The first kappa shape index (κ1) is 11.9. The summed E-state index contributed by atoms with van der Waals surface area (Å²) < 4.78 is 0. The second-order valence-corrected chi connectivity index (χ2v) is 5.17. The van der Waals surface area contributed by atoms with E-state index in [1.54, 1.807) is 0 Å². The molecule has 0 aromatic carbocycles. The number of thioether (sulfide) groups is 1. The summed E-state index contributed by atoms with van der Waals surface area (Å²) in [5.41, 5.74) is 5.37. The van der Waals surface area contributed by atoms with E-state index in [9.17, 15) is 4.79 Å². The number of carbonyl (C=O) groups is 1. The van der Waals surface area contributed by atoms with Crippen LogP contribution in [-0.4, -0.2) is 31.0 Å². The topological polar surface area (TPSA) is 55.1 Å². The fourth-order valence-corrected chi connectivity index (χ4v) is 2.16. The van der Waals surface area contributed by atoms with Gasteiger partial charge in [-0.25, -0.2) is 0 Å². The highest BCUT2D eigenvalue weighted by molar-refractivity contribution is 7.98. The van der Waals surface area contributed by atoms with Gasteiger partial charge in [0.2, 0.25) is 5.91 Å². The summed E-state index contributed by atoms with van der Waals surface area (Å²) in [4.78, 5) is 11.7. The van der Waals surface area contributed by atoms with Gasteiger partial charge in [0, 0.05) is 13.1 Å². The van der Waals surface area contributed by atoms with Gasteiger partial charge in [0.15, 0.2) is 0 Å². The van der Waals surface area contributed by atoms with Crippen LogP contribution in [0.15, 0.2) is 0 Å². The molecule has 1 rings (SSSR count). The molecule has 1 aliphatic rings. The SMILES string of the molecule is CSCC(C)CNC(=O)C1(CN)CC1. The summed E-state index contributed by atoms with van der Waals surface area (Å²) in [6, 6.07) is 0. The first-order valence-corrected chi connectivity index (χ1v) is 6.51. The van der Waals surface area contributed by atoms with E-state index in [0.29, 0.717) is 12.5 Å². The van der Waals surface area contributed by atoms with Crippen LogP contribution in [0.25, 0.3) is 0 Å². The molecule has 0 saturated heterocycles. The molecule has 1 unspecified atom stereocenters. The van der Waals surface area contributed by atoms with E-state index in [4.69, 9.17) is 5.73 Å². The molecule has 3 N–H and O–H groups in total. The minimum atomic E-state index is -0.195. The zero-order valence-corrected chi connectivity index (χ0v) is 9.82. The van der Waals surface area contributed by atoms with Crippen molar-refractivity contribution in [3.05, 3.63) is 0 Å². The molecule has 0 bridgehead atoms. The first-order valence-electron chi connectivity index (χ1n) is 5.12. The summed E-state index contributed by atoms with van der Waals surface area (Å²) in [6.07, 6.45) is 4.01. The number of nitrogens with two attached hydrogens (primary N) is 1. The van der Waals surface area contributed by atoms with Crippen LogP contribution >= 0.6 is 11.8 Å². The lowest BCUT2D eigenvalue weighted by Crippen LogP contribution is -2.38. The van der Waals surface area contributed by atoms with Crippen molar-refractivity contribution in [2.75, 3.05) is 25.1 Å². The number of amides is 1. The van der Waals surface area contributed by atoms with Gasteiger partial charge in [-0.1, -0.05) is 6.92 Å². The Morgan fingerprint density at radius 1 is 1.64 bits per heavy atom. The van der Waals surface area contributed by atoms with Crippen molar-refractivity contribution < 1.29 is 4.79 Å². The molecule has 1 aliphatic carbocycles. The summed E-state index contributed by atoms with van der Waals surface area (Å²) in [7, 11) is 0.